The van der Waals surface area contributed by atoms with Crippen LogP contribution in [0.3, 0.4) is 0 Å². The summed E-state index contributed by atoms with van der Waals surface area (Å²) in [6.07, 6.45) is 5.47. The molecule has 0 aromatic rings. The molecule has 2 fully saturated rings. The van der Waals surface area contributed by atoms with Gasteiger partial charge in [0.1, 0.15) is 6.04 Å². The molecule has 0 aromatic carbocycles. The second-order valence-corrected chi connectivity index (χ2v) is 4.48. The Hall–Kier alpha value is -0.900. The number of carboxylic acid groups (broad SMARTS) is 1. The maximum absolute atomic E-state index is 11.7. The van der Waals surface area contributed by atoms with Crippen LogP contribution in [0.5, 0.6) is 0 Å². The van der Waals surface area contributed by atoms with E-state index in [2.05, 4.69) is 0 Å². The minimum Gasteiger partial charge on any atom is -0.480 e. The van der Waals surface area contributed by atoms with Gasteiger partial charge in [0.05, 0.1) is 6.04 Å². The highest BCUT2D eigenvalue weighted by Gasteiger charge is 2.43. The molecule has 0 amide bonds. The Morgan fingerprint density at radius 1 is 1.27 bits per heavy atom. The van der Waals surface area contributed by atoms with E-state index >= 15 is 0 Å². The molecule has 0 bridgehead atoms. The fraction of sp³-hybridized carbons (Fsp3) is 0.818. The van der Waals surface area contributed by atoms with E-state index in [1.54, 1.807) is 0 Å². The van der Waals surface area contributed by atoms with Crippen molar-refractivity contribution >= 4 is 11.8 Å². The summed E-state index contributed by atoms with van der Waals surface area (Å²) in [4.78, 5) is 24.6. The quantitative estimate of drug-likeness (QED) is 0.704. The SMILES string of the molecule is O=C(O)C1CC(=O)C2CCCCCCN12. The summed E-state index contributed by atoms with van der Waals surface area (Å²) in [6, 6.07) is -0.660. The van der Waals surface area contributed by atoms with Gasteiger partial charge in [-0.2, -0.15) is 0 Å². The van der Waals surface area contributed by atoms with Crippen LogP contribution in [0.15, 0.2) is 0 Å². The van der Waals surface area contributed by atoms with E-state index < -0.39 is 12.0 Å². The first-order valence-electron chi connectivity index (χ1n) is 5.71. The molecule has 0 aliphatic carbocycles. The third kappa shape index (κ3) is 2.04. The molecule has 84 valence electrons. The van der Waals surface area contributed by atoms with E-state index in [4.69, 9.17) is 5.11 Å². The monoisotopic (exact) mass is 211 g/mol. The Morgan fingerprint density at radius 3 is 2.73 bits per heavy atom. The van der Waals surface area contributed by atoms with Crippen LogP contribution in [-0.4, -0.2) is 40.4 Å². The molecule has 0 spiro atoms. The molecule has 4 nitrogen and oxygen atoms in total. The van der Waals surface area contributed by atoms with Gasteiger partial charge in [0.15, 0.2) is 5.78 Å². The molecule has 2 heterocycles. The molecular formula is C11H17NO3. The predicted molar refractivity (Wildman–Crippen MR) is 54.6 cm³/mol. The van der Waals surface area contributed by atoms with Gasteiger partial charge in [0.25, 0.3) is 0 Å². The Balaban J connectivity index is 2.13. The van der Waals surface area contributed by atoms with Crippen LogP contribution in [0.4, 0.5) is 0 Å². The van der Waals surface area contributed by atoms with Crippen molar-refractivity contribution in [2.24, 2.45) is 0 Å². The molecule has 2 atom stereocenters. The molecule has 1 N–H and O–H groups in total. The van der Waals surface area contributed by atoms with Gasteiger partial charge in [-0.25, -0.2) is 0 Å². The lowest BCUT2D eigenvalue weighted by Crippen LogP contribution is -2.42. The summed E-state index contributed by atoms with van der Waals surface area (Å²) in [6.45, 7) is 0.771. The highest BCUT2D eigenvalue weighted by molar-refractivity contribution is 5.93. The third-order valence-electron chi connectivity index (χ3n) is 3.50. The number of hydrogen-bond acceptors (Lipinski definition) is 3. The van der Waals surface area contributed by atoms with E-state index in [1.807, 2.05) is 4.90 Å². The molecule has 0 saturated carbocycles. The fourth-order valence-corrected chi connectivity index (χ4v) is 2.70. The average molecular weight is 211 g/mol. The Morgan fingerprint density at radius 2 is 2.00 bits per heavy atom. The lowest BCUT2D eigenvalue weighted by molar-refractivity contribution is -0.142. The molecule has 4 heteroatoms. The lowest BCUT2D eigenvalue weighted by atomic mass is 10.0. The van der Waals surface area contributed by atoms with Crippen molar-refractivity contribution < 1.29 is 14.7 Å². The first kappa shape index (κ1) is 10.6. The zero-order valence-corrected chi connectivity index (χ0v) is 8.82. The van der Waals surface area contributed by atoms with Gasteiger partial charge in [-0.1, -0.05) is 19.3 Å². The van der Waals surface area contributed by atoms with Crippen LogP contribution < -0.4 is 0 Å². The summed E-state index contributed by atoms with van der Waals surface area (Å²) in [5, 5.41) is 9.04. The number of nitrogens with zero attached hydrogens (tertiary/aromatic N) is 1. The summed E-state index contributed by atoms with van der Waals surface area (Å²) in [5.74, 6) is -0.712. The number of rotatable bonds is 1. The molecule has 2 rings (SSSR count). The van der Waals surface area contributed by atoms with E-state index in [9.17, 15) is 9.59 Å². The van der Waals surface area contributed by atoms with E-state index in [-0.39, 0.29) is 18.2 Å². The number of hydrogen-bond donors (Lipinski definition) is 1. The van der Waals surface area contributed by atoms with Gasteiger partial charge in [0, 0.05) is 6.42 Å². The maximum atomic E-state index is 11.7. The van der Waals surface area contributed by atoms with Crippen LogP contribution in [0.2, 0.25) is 0 Å². The number of fused-ring (bicyclic) bond motifs is 1. The number of Topliss-reactive ketones (excluding diaryl/α,β-unsaturated/α-hetero) is 1. The van der Waals surface area contributed by atoms with Crippen LogP contribution in [0.1, 0.15) is 38.5 Å². The number of aliphatic carboxylic acids is 1. The normalized spacial score (nSPS) is 33.2. The molecule has 2 aliphatic rings. The van der Waals surface area contributed by atoms with E-state index in [0.717, 1.165) is 32.2 Å². The largest absolute Gasteiger partial charge is 0.480 e. The average Bonchev–Trinajstić information content (AvgIpc) is 2.42. The van der Waals surface area contributed by atoms with E-state index in [1.165, 1.54) is 6.42 Å². The first-order valence-corrected chi connectivity index (χ1v) is 5.71. The van der Waals surface area contributed by atoms with Crippen LogP contribution in [-0.2, 0) is 9.59 Å². The molecule has 2 saturated heterocycles. The van der Waals surface area contributed by atoms with Gasteiger partial charge in [-0.15, -0.1) is 0 Å². The summed E-state index contributed by atoms with van der Waals surface area (Å²) in [7, 11) is 0. The van der Waals surface area contributed by atoms with Crippen molar-refractivity contribution in [2.45, 2.75) is 50.6 Å². The van der Waals surface area contributed by atoms with Crippen LogP contribution in [0.25, 0.3) is 0 Å². The van der Waals surface area contributed by atoms with Crippen LogP contribution >= 0.6 is 0 Å². The summed E-state index contributed by atoms with van der Waals surface area (Å²) >= 11 is 0. The van der Waals surface area contributed by atoms with Crippen molar-refractivity contribution in [2.75, 3.05) is 6.54 Å². The van der Waals surface area contributed by atoms with Crippen molar-refractivity contribution in [3.8, 4) is 0 Å². The molecule has 0 radical (unpaired) electrons. The molecule has 2 unspecified atom stereocenters. The van der Waals surface area contributed by atoms with Crippen molar-refractivity contribution in [3.05, 3.63) is 0 Å². The van der Waals surface area contributed by atoms with Crippen LogP contribution in [0, 0.1) is 0 Å². The van der Waals surface area contributed by atoms with Crippen molar-refractivity contribution in [3.63, 3.8) is 0 Å². The molecule has 15 heavy (non-hydrogen) atoms. The standard InChI is InChI=1S/C11H17NO3/c13-10-7-9(11(14)15)12-6-4-2-1-3-5-8(10)12/h8-9H,1-7H2,(H,14,15). The fourth-order valence-electron chi connectivity index (χ4n) is 2.70. The minimum absolute atomic E-state index is 0.105. The molecule has 0 aromatic heterocycles. The third-order valence-corrected chi connectivity index (χ3v) is 3.50. The zero-order valence-electron chi connectivity index (χ0n) is 8.82. The first-order chi connectivity index (χ1) is 7.20. The Labute approximate surface area is 89.3 Å². The number of carbonyl (C=O) groups is 2. The second kappa shape index (κ2) is 4.31. The van der Waals surface area contributed by atoms with Gasteiger partial charge in [-0.05, 0) is 19.4 Å². The molecule has 2 aliphatic heterocycles. The van der Waals surface area contributed by atoms with Gasteiger partial charge >= 0.3 is 5.97 Å². The topological polar surface area (TPSA) is 57.6 Å². The number of ketones is 1. The summed E-state index contributed by atoms with van der Waals surface area (Å²) < 4.78 is 0. The zero-order chi connectivity index (χ0) is 10.8. The smallest absolute Gasteiger partial charge is 0.321 e. The predicted octanol–water partition coefficient (Wildman–Crippen LogP) is 1.05. The number of carboxylic acids is 1. The Bertz CT molecular complexity index is 277. The summed E-state index contributed by atoms with van der Waals surface area (Å²) in [5.41, 5.74) is 0. The second-order valence-electron chi connectivity index (χ2n) is 4.48. The van der Waals surface area contributed by atoms with Crippen molar-refractivity contribution in [1.29, 1.82) is 0 Å². The van der Waals surface area contributed by atoms with E-state index in [0.29, 0.717) is 0 Å². The number of carbonyl (C=O) groups excluding carboxylic acids is 1. The van der Waals surface area contributed by atoms with Gasteiger partial charge in [-0.3, -0.25) is 14.5 Å². The Kier molecular flexibility index (Phi) is 3.05. The van der Waals surface area contributed by atoms with Gasteiger partial charge in [0.2, 0.25) is 0 Å². The highest BCUT2D eigenvalue weighted by atomic mass is 16.4. The van der Waals surface area contributed by atoms with Crippen molar-refractivity contribution in [1.82, 2.24) is 4.90 Å². The highest BCUT2D eigenvalue weighted by Crippen LogP contribution is 2.27. The maximum Gasteiger partial charge on any atom is 0.321 e. The minimum atomic E-state index is -0.841. The lowest BCUT2D eigenvalue weighted by Gasteiger charge is -2.28. The molecular weight excluding hydrogens is 194 g/mol. The van der Waals surface area contributed by atoms with Gasteiger partial charge < -0.3 is 5.11 Å².